The molecule has 0 radical (unpaired) electrons. The molecule has 6 N–H and O–H groups in total. The van der Waals surface area contributed by atoms with Crippen LogP contribution in [0.25, 0.3) is 0 Å². The van der Waals surface area contributed by atoms with Gasteiger partial charge in [0.15, 0.2) is 0 Å². The minimum absolute atomic E-state index is 0.240. The van der Waals surface area contributed by atoms with Crippen molar-refractivity contribution in [2.24, 2.45) is 5.73 Å². The molecule has 0 spiro atoms. The molecule has 0 aliphatic heterocycles. The monoisotopic (exact) mass is 266 g/mol. The Labute approximate surface area is 111 Å². The number of hydrogen-bond acceptors (Lipinski definition) is 5. The van der Waals surface area contributed by atoms with Crippen LogP contribution >= 0.6 is 0 Å². The van der Waals surface area contributed by atoms with E-state index in [0.717, 1.165) is 0 Å². The highest BCUT2D eigenvalue weighted by Crippen LogP contribution is 2.21. The third-order valence-corrected chi connectivity index (χ3v) is 2.53. The topological polar surface area (TPSA) is 122 Å². The molecule has 0 saturated carbocycles. The molecule has 1 rings (SSSR count). The number of benzene rings is 1. The lowest BCUT2D eigenvalue weighted by Crippen LogP contribution is -2.40. The predicted octanol–water partition coefficient (Wildman–Crippen LogP) is -1.09. The predicted molar refractivity (Wildman–Crippen MR) is 72.7 cm³/mol. The fourth-order valence-electron chi connectivity index (χ4n) is 1.51. The molecule has 0 aromatic heterocycles. The number of anilines is 2. The summed E-state index contributed by atoms with van der Waals surface area (Å²) in [7, 11) is 3.58. The molecule has 0 fully saturated rings. The molecular formula is C12H18N4O3. The highest BCUT2D eigenvalue weighted by Gasteiger charge is 2.16. The maximum absolute atomic E-state index is 12.0. The largest absolute Gasteiger partial charge is 0.399 e. The van der Waals surface area contributed by atoms with Crippen LogP contribution in [0.1, 0.15) is 10.4 Å². The molecule has 19 heavy (non-hydrogen) atoms. The summed E-state index contributed by atoms with van der Waals surface area (Å²) in [5.74, 6) is -1.32. The second kappa shape index (κ2) is 6.05. The molecule has 2 amide bonds. The summed E-state index contributed by atoms with van der Waals surface area (Å²) in [6.45, 7) is -0.240. The average Bonchev–Trinajstić information content (AvgIpc) is 2.34. The number of aliphatic hydroxyl groups excluding tert-OH is 1. The van der Waals surface area contributed by atoms with E-state index in [1.54, 1.807) is 31.1 Å². The number of carbonyl (C=O) groups excluding carboxylic acids is 2. The van der Waals surface area contributed by atoms with E-state index in [0.29, 0.717) is 16.9 Å². The molecule has 1 aromatic carbocycles. The number of nitrogens with one attached hydrogen (secondary N) is 1. The lowest BCUT2D eigenvalue weighted by atomic mass is 10.1. The maximum Gasteiger partial charge on any atom is 0.253 e. The number of nitrogen functional groups attached to an aromatic ring is 1. The number of nitrogens with zero attached hydrogens (tertiary/aromatic N) is 1. The molecule has 7 heteroatoms. The second-order valence-corrected chi connectivity index (χ2v) is 4.30. The number of amides is 2. The highest BCUT2D eigenvalue weighted by atomic mass is 16.3. The van der Waals surface area contributed by atoms with Crippen LogP contribution in [0.5, 0.6) is 0 Å². The zero-order valence-electron chi connectivity index (χ0n) is 10.9. The van der Waals surface area contributed by atoms with Gasteiger partial charge in [-0.25, -0.2) is 0 Å². The van der Waals surface area contributed by atoms with Crippen LogP contribution in [0.2, 0.25) is 0 Å². The number of aliphatic hydroxyl groups is 1. The molecule has 0 bridgehead atoms. The summed E-state index contributed by atoms with van der Waals surface area (Å²) in [5.41, 5.74) is 12.0. The Hall–Kier alpha value is -2.28. The summed E-state index contributed by atoms with van der Waals surface area (Å²) in [4.78, 5) is 24.4. The van der Waals surface area contributed by atoms with Gasteiger partial charge >= 0.3 is 0 Å². The first-order valence-electron chi connectivity index (χ1n) is 5.65. The van der Waals surface area contributed by atoms with Gasteiger partial charge in [-0.15, -0.1) is 0 Å². The summed E-state index contributed by atoms with van der Waals surface area (Å²) >= 11 is 0. The van der Waals surface area contributed by atoms with E-state index in [4.69, 9.17) is 11.5 Å². The molecule has 104 valence electrons. The molecule has 1 unspecified atom stereocenters. The second-order valence-electron chi connectivity index (χ2n) is 4.30. The molecule has 1 atom stereocenters. The van der Waals surface area contributed by atoms with Crippen molar-refractivity contribution < 1.29 is 14.7 Å². The van der Waals surface area contributed by atoms with Crippen molar-refractivity contribution in [2.75, 3.05) is 31.3 Å². The van der Waals surface area contributed by atoms with Crippen molar-refractivity contribution in [3.63, 3.8) is 0 Å². The van der Waals surface area contributed by atoms with Crippen molar-refractivity contribution in [3.8, 4) is 0 Å². The van der Waals surface area contributed by atoms with Gasteiger partial charge in [0.25, 0.3) is 5.91 Å². The number of rotatable bonds is 5. The lowest BCUT2D eigenvalue weighted by molar-refractivity contribution is -0.125. The first-order chi connectivity index (χ1) is 8.82. The van der Waals surface area contributed by atoms with Crippen LogP contribution in [0.4, 0.5) is 11.4 Å². The Kier molecular flexibility index (Phi) is 4.71. The lowest BCUT2D eigenvalue weighted by Gasteiger charge is -2.18. The normalized spacial score (nSPS) is 11.7. The Morgan fingerprint density at radius 2 is 2.05 bits per heavy atom. The quantitative estimate of drug-likeness (QED) is 0.504. The standard InChI is InChI=1S/C12H18N4O3/c1-16(2)9-4-3-7(13)5-8(9)12(19)15-6-10(17)11(14)18/h3-5,10,17H,6,13H2,1-2H3,(H2,14,18)(H,15,19). The molecule has 0 aliphatic carbocycles. The van der Waals surface area contributed by atoms with Gasteiger partial charge in [-0.2, -0.15) is 0 Å². The van der Waals surface area contributed by atoms with E-state index in [9.17, 15) is 14.7 Å². The summed E-state index contributed by atoms with van der Waals surface area (Å²) in [6.07, 6.45) is -1.41. The van der Waals surface area contributed by atoms with Crippen molar-refractivity contribution in [1.29, 1.82) is 0 Å². The number of carbonyl (C=O) groups is 2. The van der Waals surface area contributed by atoms with Gasteiger partial charge in [0.1, 0.15) is 6.10 Å². The average molecular weight is 266 g/mol. The van der Waals surface area contributed by atoms with Crippen LogP contribution in [-0.2, 0) is 4.79 Å². The number of hydrogen-bond donors (Lipinski definition) is 4. The summed E-state index contributed by atoms with van der Waals surface area (Å²) < 4.78 is 0. The van der Waals surface area contributed by atoms with Gasteiger partial charge < -0.3 is 26.8 Å². The van der Waals surface area contributed by atoms with Crippen LogP contribution < -0.4 is 21.7 Å². The molecular weight excluding hydrogens is 248 g/mol. The van der Waals surface area contributed by atoms with Gasteiger partial charge in [0.05, 0.1) is 12.1 Å². The van der Waals surface area contributed by atoms with Crippen molar-refractivity contribution in [2.45, 2.75) is 6.10 Å². The zero-order valence-corrected chi connectivity index (χ0v) is 10.9. The van der Waals surface area contributed by atoms with Crippen LogP contribution in [0.15, 0.2) is 18.2 Å². The molecule has 7 nitrogen and oxygen atoms in total. The van der Waals surface area contributed by atoms with E-state index in [-0.39, 0.29) is 6.54 Å². The number of primary amides is 1. The minimum atomic E-state index is -1.41. The fraction of sp³-hybridized carbons (Fsp3) is 0.333. The Balaban J connectivity index is 2.87. The molecule has 0 saturated heterocycles. The summed E-state index contributed by atoms with van der Waals surface area (Å²) in [6, 6.07) is 4.93. The Bertz CT molecular complexity index is 488. The highest BCUT2D eigenvalue weighted by molar-refractivity contribution is 6.00. The smallest absolute Gasteiger partial charge is 0.253 e. The van der Waals surface area contributed by atoms with Crippen molar-refractivity contribution >= 4 is 23.2 Å². The maximum atomic E-state index is 12.0. The van der Waals surface area contributed by atoms with E-state index >= 15 is 0 Å². The van der Waals surface area contributed by atoms with Crippen molar-refractivity contribution in [1.82, 2.24) is 5.32 Å². The van der Waals surface area contributed by atoms with Gasteiger partial charge in [0.2, 0.25) is 5.91 Å². The van der Waals surface area contributed by atoms with Crippen molar-refractivity contribution in [3.05, 3.63) is 23.8 Å². The zero-order chi connectivity index (χ0) is 14.6. The van der Waals surface area contributed by atoms with E-state index in [2.05, 4.69) is 5.32 Å². The van der Waals surface area contributed by atoms with Gasteiger partial charge in [0, 0.05) is 25.5 Å². The summed E-state index contributed by atoms with van der Waals surface area (Å²) in [5, 5.41) is 11.7. The van der Waals surface area contributed by atoms with Gasteiger partial charge in [-0.1, -0.05) is 0 Å². The van der Waals surface area contributed by atoms with E-state index < -0.39 is 17.9 Å². The van der Waals surface area contributed by atoms with Crippen LogP contribution in [0, 0.1) is 0 Å². The number of nitrogens with two attached hydrogens (primary N) is 2. The van der Waals surface area contributed by atoms with E-state index in [1.807, 2.05) is 0 Å². The van der Waals surface area contributed by atoms with Crippen LogP contribution in [-0.4, -0.2) is 43.7 Å². The minimum Gasteiger partial charge on any atom is -0.399 e. The van der Waals surface area contributed by atoms with Gasteiger partial charge in [-0.3, -0.25) is 9.59 Å². The molecule has 0 heterocycles. The fourth-order valence-corrected chi connectivity index (χ4v) is 1.51. The molecule has 0 aliphatic rings. The van der Waals surface area contributed by atoms with Crippen LogP contribution in [0.3, 0.4) is 0 Å². The first-order valence-corrected chi connectivity index (χ1v) is 5.65. The SMILES string of the molecule is CN(C)c1ccc(N)cc1C(=O)NCC(O)C(N)=O. The molecule has 1 aromatic rings. The first kappa shape index (κ1) is 14.8. The Morgan fingerprint density at radius 1 is 1.42 bits per heavy atom. The third-order valence-electron chi connectivity index (χ3n) is 2.53. The third kappa shape index (κ3) is 3.85. The Morgan fingerprint density at radius 3 is 2.58 bits per heavy atom. The van der Waals surface area contributed by atoms with E-state index in [1.165, 1.54) is 6.07 Å². The van der Waals surface area contributed by atoms with Gasteiger partial charge in [-0.05, 0) is 18.2 Å².